The van der Waals surface area contributed by atoms with Crippen LogP contribution < -0.4 is 10.2 Å². The molecule has 6 heteroatoms. The normalized spacial score (nSPS) is 24.9. The minimum Gasteiger partial charge on any atom is -0.352 e. The maximum atomic E-state index is 14.5. The first-order valence-electron chi connectivity index (χ1n) is 12.3. The van der Waals surface area contributed by atoms with Crippen molar-refractivity contribution in [2.24, 2.45) is 5.92 Å². The van der Waals surface area contributed by atoms with Crippen molar-refractivity contribution in [3.8, 4) is 0 Å². The minimum absolute atomic E-state index is 0.145. The average molecular weight is 503 g/mol. The van der Waals surface area contributed by atoms with Crippen molar-refractivity contribution in [1.29, 1.82) is 0 Å². The Kier molecular flexibility index (Phi) is 4.81. The summed E-state index contributed by atoms with van der Waals surface area (Å²) in [7, 11) is 0. The molecule has 0 bridgehead atoms. The van der Waals surface area contributed by atoms with E-state index in [0.717, 1.165) is 16.8 Å². The van der Waals surface area contributed by atoms with E-state index in [1.807, 2.05) is 95.2 Å². The molecule has 3 aromatic carbocycles. The number of benzene rings is 3. The van der Waals surface area contributed by atoms with Crippen LogP contribution in [0.1, 0.15) is 31.2 Å². The molecule has 4 aromatic rings. The largest absolute Gasteiger partial charge is 0.352 e. The van der Waals surface area contributed by atoms with E-state index in [-0.39, 0.29) is 17.5 Å². The summed E-state index contributed by atoms with van der Waals surface area (Å²) in [4.78, 5) is 45.7. The highest BCUT2D eigenvalue weighted by molar-refractivity contribution is 7.12. The number of amides is 1. The monoisotopic (exact) mass is 502 g/mol. The molecule has 1 N–H and O–H groups in total. The summed E-state index contributed by atoms with van der Waals surface area (Å²) >= 11 is 1.36. The number of para-hydroxylation sites is 2. The van der Waals surface area contributed by atoms with Gasteiger partial charge in [-0.3, -0.25) is 14.4 Å². The fourth-order valence-corrected chi connectivity index (χ4v) is 7.16. The van der Waals surface area contributed by atoms with Crippen LogP contribution in [0.15, 0.2) is 102 Å². The summed E-state index contributed by atoms with van der Waals surface area (Å²) < 4.78 is 0. The first-order valence-corrected chi connectivity index (χ1v) is 13.1. The zero-order valence-corrected chi connectivity index (χ0v) is 20.5. The molecule has 7 rings (SSSR count). The van der Waals surface area contributed by atoms with Gasteiger partial charge in [-0.1, -0.05) is 84.9 Å². The summed E-state index contributed by atoms with van der Waals surface area (Å²) in [5.74, 6) is -1.53. The Bertz CT molecular complexity index is 1590. The van der Waals surface area contributed by atoms with Crippen LogP contribution in [-0.2, 0) is 10.2 Å². The van der Waals surface area contributed by atoms with E-state index >= 15 is 0 Å². The predicted octanol–water partition coefficient (Wildman–Crippen LogP) is 5.60. The highest BCUT2D eigenvalue weighted by atomic mass is 32.1. The Morgan fingerprint density at radius 3 is 2.41 bits per heavy atom. The third-order valence-corrected chi connectivity index (χ3v) is 8.80. The number of anilines is 2. The predicted molar refractivity (Wildman–Crippen MR) is 145 cm³/mol. The molecule has 1 amide bonds. The average Bonchev–Trinajstić information content (AvgIpc) is 3.65. The molecule has 1 fully saturated rings. The highest BCUT2D eigenvalue weighted by Crippen LogP contribution is 2.58. The second-order valence-electron chi connectivity index (χ2n) is 9.63. The maximum Gasteiger partial charge on any atom is 0.238 e. The lowest BCUT2D eigenvalue weighted by Crippen LogP contribution is -2.51. The van der Waals surface area contributed by atoms with Crippen LogP contribution in [0, 0.1) is 5.92 Å². The van der Waals surface area contributed by atoms with E-state index in [1.165, 1.54) is 11.3 Å². The number of carbonyl (C=O) groups excluding carboxylic acids is 3. The lowest BCUT2D eigenvalue weighted by atomic mass is 9.64. The molecule has 1 aromatic heterocycles. The van der Waals surface area contributed by atoms with Crippen LogP contribution in [0.5, 0.6) is 0 Å². The number of Topliss-reactive ketones (excluding diaryl/α,β-unsaturated/α-hetero) is 2. The topological polar surface area (TPSA) is 66.5 Å². The number of nitrogens with one attached hydrogen (secondary N) is 1. The molecule has 4 atom stereocenters. The van der Waals surface area contributed by atoms with Crippen molar-refractivity contribution in [3.05, 3.63) is 124 Å². The maximum absolute atomic E-state index is 14.5. The van der Waals surface area contributed by atoms with Crippen LogP contribution in [0.2, 0.25) is 0 Å². The van der Waals surface area contributed by atoms with Gasteiger partial charge in [0, 0.05) is 16.9 Å². The number of hydrogen-bond donors (Lipinski definition) is 1. The van der Waals surface area contributed by atoms with E-state index in [1.54, 1.807) is 18.2 Å². The van der Waals surface area contributed by atoms with Gasteiger partial charge in [-0.15, -0.1) is 11.3 Å². The number of ketones is 2. The Morgan fingerprint density at radius 1 is 0.838 bits per heavy atom. The number of carbonyl (C=O) groups is 3. The molecule has 1 spiro atoms. The van der Waals surface area contributed by atoms with E-state index in [4.69, 9.17) is 0 Å². The van der Waals surface area contributed by atoms with Gasteiger partial charge >= 0.3 is 0 Å². The van der Waals surface area contributed by atoms with Gasteiger partial charge in [0.25, 0.3) is 0 Å². The standard InChI is InChI=1S/C31H22N2O3S/c34-28(20-10-2-1-3-11-20)26-27(29(35)24-15-8-18-37-24)33-23-14-7-4-9-19(23)16-17-25(33)31(26)21-12-5-6-13-22(21)32-30(31)36/h1-18,25-27H,(H,32,36). The molecule has 3 aliphatic rings. The summed E-state index contributed by atoms with van der Waals surface area (Å²) in [5.41, 5.74) is 2.47. The Morgan fingerprint density at radius 2 is 1.59 bits per heavy atom. The first kappa shape index (κ1) is 21.9. The van der Waals surface area contributed by atoms with E-state index in [9.17, 15) is 14.4 Å². The molecule has 37 heavy (non-hydrogen) atoms. The number of rotatable bonds is 4. The van der Waals surface area contributed by atoms with E-state index < -0.39 is 23.4 Å². The number of thiophene rings is 1. The zero-order chi connectivity index (χ0) is 25.1. The smallest absolute Gasteiger partial charge is 0.238 e. The van der Waals surface area contributed by atoms with Gasteiger partial charge in [-0.2, -0.15) is 0 Å². The van der Waals surface area contributed by atoms with Crippen molar-refractivity contribution in [2.75, 3.05) is 10.2 Å². The molecule has 0 radical (unpaired) electrons. The van der Waals surface area contributed by atoms with Gasteiger partial charge in [0.2, 0.25) is 5.91 Å². The fourth-order valence-electron chi connectivity index (χ4n) is 6.47. The summed E-state index contributed by atoms with van der Waals surface area (Å²) in [5, 5.41) is 4.92. The van der Waals surface area contributed by atoms with Crippen LogP contribution in [0.3, 0.4) is 0 Å². The molecule has 4 heterocycles. The van der Waals surface area contributed by atoms with Gasteiger partial charge < -0.3 is 10.2 Å². The molecule has 1 saturated heterocycles. The molecule has 0 saturated carbocycles. The van der Waals surface area contributed by atoms with Gasteiger partial charge in [0.15, 0.2) is 11.6 Å². The third-order valence-electron chi connectivity index (χ3n) is 7.92. The van der Waals surface area contributed by atoms with Crippen LogP contribution >= 0.6 is 11.3 Å². The summed E-state index contributed by atoms with van der Waals surface area (Å²) in [6.07, 6.45) is 4.01. The quantitative estimate of drug-likeness (QED) is 0.369. The van der Waals surface area contributed by atoms with Crippen LogP contribution in [0.4, 0.5) is 11.4 Å². The van der Waals surface area contributed by atoms with Crippen molar-refractivity contribution in [2.45, 2.75) is 17.5 Å². The molecular weight excluding hydrogens is 480 g/mol. The summed E-state index contributed by atoms with van der Waals surface area (Å²) in [6, 6.07) is 26.7. The van der Waals surface area contributed by atoms with Crippen molar-refractivity contribution in [1.82, 2.24) is 0 Å². The SMILES string of the molecule is O=C(c1cccs1)C1C(C(=O)c2ccccc2)C2(C(=O)Nc3ccccc32)C2C=Cc3ccccc3N12. The first-order chi connectivity index (χ1) is 18.1. The highest BCUT2D eigenvalue weighted by Gasteiger charge is 2.70. The number of fused-ring (bicyclic) bond motifs is 6. The second kappa shape index (κ2) is 8.11. The lowest BCUT2D eigenvalue weighted by molar-refractivity contribution is -0.121. The van der Waals surface area contributed by atoms with E-state index in [2.05, 4.69) is 5.32 Å². The second-order valence-corrected chi connectivity index (χ2v) is 10.6. The van der Waals surface area contributed by atoms with Gasteiger partial charge in [0.1, 0.15) is 11.5 Å². The summed E-state index contributed by atoms with van der Waals surface area (Å²) in [6.45, 7) is 0. The minimum atomic E-state index is -1.27. The Hall–Kier alpha value is -4.29. The van der Waals surface area contributed by atoms with Gasteiger partial charge in [-0.05, 0) is 34.7 Å². The van der Waals surface area contributed by atoms with Crippen molar-refractivity contribution in [3.63, 3.8) is 0 Å². The Balaban J connectivity index is 1.55. The fraction of sp³-hybridized carbons (Fsp3) is 0.129. The molecule has 5 nitrogen and oxygen atoms in total. The zero-order valence-electron chi connectivity index (χ0n) is 19.7. The lowest BCUT2D eigenvalue weighted by Gasteiger charge is -2.37. The third kappa shape index (κ3) is 2.93. The number of nitrogens with zero attached hydrogens (tertiary/aromatic N) is 1. The van der Waals surface area contributed by atoms with Crippen LogP contribution in [0.25, 0.3) is 6.08 Å². The molecule has 4 unspecified atom stereocenters. The molecule has 180 valence electrons. The molecular formula is C31H22N2O3S. The van der Waals surface area contributed by atoms with Crippen LogP contribution in [-0.4, -0.2) is 29.6 Å². The van der Waals surface area contributed by atoms with Crippen molar-refractivity contribution < 1.29 is 14.4 Å². The molecule has 0 aliphatic carbocycles. The van der Waals surface area contributed by atoms with Crippen molar-refractivity contribution >= 4 is 46.3 Å². The number of hydrogen-bond acceptors (Lipinski definition) is 5. The molecule has 3 aliphatic heterocycles. The van der Waals surface area contributed by atoms with E-state index in [0.29, 0.717) is 16.1 Å². The van der Waals surface area contributed by atoms with Gasteiger partial charge in [-0.25, -0.2) is 0 Å². The Labute approximate surface area is 218 Å². The van der Waals surface area contributed by atoms with Gasteiger partial charge in [0.05, 0.1) is 16.8 Å².